The Morgan fingerprint density at radius 2 is 1.42 bits per heavy atom. The third-order valence-corrected chi connectivity index (χ3v) is 6.52. The molecular formula is C22H11ClS. The van der Waals surface area contributed by atoms with Crippen LogP contribution >= 0.6 is 22.9 Å². The Kier molecular flexibility index (Phi) is 2.37. The molecule has 0 N–H and O–H groups in total. The summed E-state index contributed by atoms with van der Waals surface area (Å²) in [6.45, 7) is 0. The minimum atomic E-state index is 0.799. The highest BCUT2D eigenvalue weighted by Gasteiger charge is 2.23. The SMILES string of the molecule is Clc1ccc2sc3c4cccc5c4c(cc3c2c1)-c1ccccc1-5. The van der Waals surface area contributed by atoms with E-state index in [-0.39, 0.29) is 0 Å². The first-order chi connectivity index (χ1) is 11.8. The molecule has 1 aliphatic carbocycles. The summed E-state index contributed by atoms with van der Waals surface area (Å²) >= 11 is 8.13. The summed E-state index contributed by atoms with van der Waals surface area (Å²) in [6, 6.07) is 24.0. The van der Waals surface area contributed by atoms with Crippen LogP contribution in [0.5, 0.6) is 0 Å². The van der Waals surface area contributed by atoms with Crippen molar-refractivity contribution < 1.29 is 0 Å². The van der Waals surface area contributed by atoms with E-state index in [2.05, 4.69) is 60.7 Å². The van der Waals surface area contributed by atoms with Gasteiger partial charge in [0.05, 0.1) is 0 Å². The van der Waals surface area contributed by atoms with Crippen molar-refractivity contribution in [2.24, 2.45) is 0 Å². The molecule has 4 aromatic carbocycles. The molecule has 0 bridgehead atoms. The van der Waals surface area contributed by atoms with Crippen molar-refractivity contribution in [2.45, 2.75) is 0 Å². The Morgan fingerprint density at radius 1 is 0.625 bits per heavy atom. The summed E-state index contributed by atoms with van der Waals surface area (Å²) in [5.41, 5.74) is 5.39. The number of hydrogen-bond acceptors (Lipinski definition) is 1. The first-order valence-electron chi connectivity index (χ1n) is 7.98. The molecule has 1 aromatic heterocycles. The fraction of sp³-hybridized carbons (Fsp3) is 0. The molecule has 0 fully saturated rings. The summed E-state index contributed by atoms with van der Waals surface area (Å²) in [6.07, 6.45) is 0. The molecule has 0 unspecified atom stereocenters. The van der Waals surface area contributed by atoms with Crippen molar-refractivity contribution in [2.75, 3.05) is 0 Å². The zero-order chi connectivity index (χ0) is 15.8. The highest BCUT2D eigenvalue weighted by Crippen LogP contribution is 2.51. The molecule has 0 saturated carbocycles. The van der Waals surface area contributed by atoms with Crippen LogP contribution in [0.25, 0.3) is 53.2 Å². The van der Waals surface area contributed by atoms with Crippen molar-refractivity contribution in [1.29, 1.82) is 0 Å². The smallest absolute Gasteiger partial charge is 0.0434 e. The molecule has 0 saturated heterocycles. The van der Waals surface area contributed by atoms with Gasteiger partial charge >= 0.3 is 0 Å². The number of halogens is 1. The predicted octanol–water partition coefficient (Wildman–Crippen LogP) is 7.51. The fourth-order valence-corrected chi connectivity index (χ4v) is 5.44. The van der Waals surface area contributed by atoms with E-state index in [1.54, 1.807) is 0 Å². The average molecular weight is 343 g/mol. The van der Waals surface area contributed by atoms with Crippen LogP contribution in [0.2, 0.25) is 5.02 Å². The van der Waals surface area contributed by atoms with Gasteiger partial charge in [-0.1, -0.05) is 54.1 Å². The predicted molar refractivity (Wildman–Crippen MR) is 106 cm³/mol. The van der Waals surface area contributed by atoms with Crippen molar-refractivity contribution in [3.63, 3.8) is 0 Å². The molecule has 6 rings (SSSR count). The molecule has 1 heterocycles. The summed E-state index contributed by atoms with van der Waals surface area (Å²) in [7, 11) is 0. The Labute approximate surface area is 147 Å². The third kappa shape index (κ3) is 1.49. The lowest BCUT2D eigenvalue weighted by atomic mass is 10.00. The quantitative estimate of drug-likeness (QED) is 0.268. The topological polar surface area (TPSA) is 0 Å². The number of fused-ring (bicyclic) bond motifs is 7. The van der Waals surface area contributed by atoms with Crippen LogP contribution in [-0.2, 0) is 0 Å². The van der Waals surface area contributed by atoms with Gasteiger partial charge in [0, 0.05) is 30.6 Å². The number of benzene rings is 4. The van der Waals surface area contributed by atoms with Gasteiger partial charge in [0.1, 0.15) is 0 Å². The number of rotatable bonds is 0. The van der Waals surface area contributed by atoms with Gasteiger partial charge in [0.15, 0.2) is 0 Å². The van der Waals surface area contributed by atoms with Crippen molar-refractivity contribution in [3.05, 3.63) is 71.8 Å². The van der Waals surface area contributed by atoms with Gasteiger partial charge in [-0.25, -0.2) is 0 Å². The van der Waals surface area contributed by atoms with E-state index < -0.39 is 0 Å². The first-order valence-corrected chi connectivity index (χ1v) is 9.18. The Balaban J connectivity index is 1.91. The van der Waals surface area contributed by atoms with Crippen molar-refractivity contribution in [3.8, 4) is 22.3 Å². The maximum Gasteiger partial charge on any atom is 0.0434 e. The third-order valence-electron chi connectivity index (χ3n) is 5.06. The van der Waals surface area contributed by atoms with E-state index in [4.69, 9.17) is 11.6 Å². The maximum absolute atomic E-state index is 6.26. The molecule has 0 aliphatic heterocycles. The maximum atomic E-state index is 6.26. The van der Waals surface area contributed by atoms with Gasteiger partial charge in [0.25, 0.3) is 0 Å². The van der Waals surface area contributed by atoms with E-state index in [0.717, 1.165) is 5.02 Å². The first kappa shape index (κ1) is 13.0. The van der Waals surface area contributed by atoms with Gasteiger partial charge in [-0.05, 0) is 51.9 Å². The molecule has 0 spiro atoms. The van der Waals surface area contributed by atoms with Crippen LogP contribution in [-0.4, -0.2) is 0 Å². The highest BCUT2D eigenvalue weighted by atomic mass is 35.5. The minimum Gasteiger partial charge on any atom is -0.135 e. The standard InChI is InChI=1S/C22H11ClS/c23-12-8-9-20-17(10-12)19-11-18-14-5-2-1-4-13(14)15-6-3-7-16(21(15)18)22(19)24-20/h1-11H. The Hall–Kier alpha value is -2.35. The molecule has 2 heteroatoms. The Bertz CT molecular complexity index is 1310. The Morgan fingerprint density at radius 3 is 2.29 bits per heavy atom. The largest absolute Gasteiger partial charge is 0.135 e. The second kappa shape index (κ2) is 4.38. The molecular weight excluding hydrogens is 332 g/mol. The van der Waals surface area contributed by atoms with Crippen LogP contribution in [0.3, 0.4) is 0 Å². The summed E-state index contributed by atoms with van der Waals surface area (Å²) in [5.74, 6) is 0. The molecule has 0 radical (unpaired) electrons. The summed E-state index contributed by atoms with van der Waals surface area (Å²) in [4.78, 5) is 0. The molecule has 5 aromatic rings. The van der Waals surface area contributed by atoms with Gasteiger partial charge in [-0.3, -0.25) is 0 Å². The summed E-state index contributed by atoms with van der Waals surface area (Å²) in [5, 5.41) is 6.12. The van der Waals surface area contributed by atoms with Crippen LogP contribution in [0, 0.1) is 0 Å². The molecule has 0 nitrogen and oxygen atoms in total. The van der Waals surface area contributed by atoms with E-state index in [0.29, 0.717) is 0 Å². The minimum absolute atomic E-state index is 0.799. The number of thiophene rings is 1. The van der Waals surface area contributed by atoms with Crippen molar-refractivity contribution >= 4 is 53.9 Å². The molecule has 1 aliphatic rings. The van der Waals surface area contributed by atoms with Crippen LogP contribution in [0.15, 0.2) is 66.7 Å². The van der Waals surface area contributed by atoms with Crippen LogP contribution in [0.4, 0.5) is 0 Å². The zero-order valence-corrected chi connectivity index (χ0v) is 14.2. The lowest BCUT2D eigenvalue weighted by Gasteiger charge is -2.04. The second-order valence-corrected chi connectivity index (χ2v) is 7.81. The van der Waals surface area contributed by atoms with Gasteiger partial charge in [-0.2, -0.15) is 0 Å². The van der Waals surface area contributed by atoms with Gasteiger partial charge in [0.2, 0.25) is 0 Å². The average Bonchev–Trinajstić information content (AvgIpc) is 3.14. The van der Waals surface area contributed by atoms with Crippen LogP contribution in [0.1, 0.15) is 0 Å². The summed E-state index contributed by atoms with van der Waals surface area (Å²) < 4.78 is 2.66. The lowest BCUT2D eigenvalue weighted by Crippen LogP contribution is -1.77. The fourth-order valence-electron chi connectivity index (χ4n) is 4.07. The molecule has 0 atom stereocenters. The van der Waals surface area contributed by atoms with Gasteiger partial charge in [-0.15, -0.1) is 11.3 Å². The molecule has 24 heavy (non-hydrogen) atoms. The zero-order valence-electron chi connectivity index (χ0n) is 12.6. The van der Waals surface area contributed by atoms with Crippen molar-refractivity contribution in [1.82, 2.24) is 0 Å². The van der Waals surface area contributed by atoms with E-state index in [1.807, 2.05) is 17.4 Å². The monoisotopic (exact) mass is 342 g/mol. The number of hydrogen-bond donors (Lipinski definition) is 0. The van der Waals surface area contributed by atoms with Crippen LogP contribution < -0.4 is 0 Å². The lowest BCUT2D eigenvalue weighted by molar-refractivity contribution is 1.70. The molecule has 112 valence electrons. The normalized spacial score (nSPS) is 12.4. The highest BCUT2D eigenvalue weighted by molar-refractivity contribution is 7.26. The van der Waals surface area contributed by atoms with E-state index in [9.17, 15) is 0 Å². The van der Waals surface area contributed by atoms with E-state index in [1.165, 1.54) is 53.2 Å². The second-order valence-electron chi connectivity index (χ2n) is 6.32. The van der Waals surface area contributed by atoms with E-state index >= 15 is 0 Å². The van der Waals surface area contributed by atoms with Gasteiger partial charge < -0.3 is 0 Å². The molecule has 0 amide bonds.